The fraction of sp³-hybridized carbons (Fsp3) is 0.611. The van der Waals surface area contributed by atoms with Gasteiger partial charge in [0, 0.05) is 45.9 Å². The van der Waals surface area contributed by atoms with E-state index in [0.717, 1.165) is 38.3 Å². The van der Waals surface area contributed by atoms with Gasteiger partial charge in [0.15, 0.2) is 0 Å². The van der Waals surface area contributed by atoms with Crippen LogP contribution in [0.4, 0.5) is 4.39 Å². The van der Waals surface area contributed by atoms with Crippen LogP contribution in [-0.2, 0) is 16.0 Å². The monoisotopic (exact) mass is 337 g/mol. The van der Waals surface area contributed by atoms with Gasteiger partial charge in [-0.25, -0.2) is 4.39 Å². The lowest BCUT2D eigenvalue weighted by Crippen LogP contribution is -2.54. The Bertz CT molecular complexity index is 509. The summed E-state index contributed by atoms with van der Waals surface area (Å²) < 4.78 is 18.0. The second-order valence-corrected chi connectivity index (χ2v) is 6.34. The van der Waals surface area contributed by atoms with Gasteiger partial charge in [-0.15, -0.1) is 0 Å². The summed E-state index contributed by atoms with van der Waals surface area (Å²) in [7, 11) is 1.72. The first kappa shape index (κ1) is 18.8. The molecule has 134 valence electrons. The molecule has 5 nitrogen and oxygen atoms in total. The average Bonchev–Trinajstić information content (AvgIpc) is 2.56. The van der Waals surface area contributed by atoms with Gasteiger partial charge in [0.25, 0.3) is 0 Å². The largest absolute Gasteiger partial charge is 0.383 e. The maximum atomic E-state index is 12.8. The molecule has 0 aromatic heterocycles. The van der Waals surface area contributed by atoms with Crippen LogP contribution >= 0.6 is 0 Å². The van der Waals surface area contributed by atoms with E-state index in [1.54, 1.807) is 19.2 Å². The number of carbonyl (C=O) groups is 1. The van der Waals surface area contributed by atoms with Crippen molar-refractivity contribution < 1.29 is 13.9 Å². The third kappa shape index (κ3) is 6.19. The molecule has 1 saturated heterocycles. The summed E-state index contributed by atoms with van der Waals surface area (Å²) in [4.78, 5) is 16.7. The third-order valence-corrected chi connectivity index (χ3v) is 4.45. The second kappa shape index (κ2) is 9.71. The molecule has 0 spiro atoms. The van der Waals surface area contributed by atoms with E-state index in [1.807, 2.05) is 0 Å². The number of hydrogen-bond acceptors (Lipinski definition) is 4. The van der Waals surface area contributed by atoms with Crippen molar-refractivity contribution >= 4 is 5.91 Å². The minimum Gasteiger partial charge on any atom is -0.383 e. The molecule has 0 unspecified atom stereocenters. The molecule has 1 heterocycles. The number of halogens is 1. The molecular weight excluding hydrogens is 309 g/mol. The Labute approximate surface area is 143 Å². The molecule has 6 heteroatoms. The smallest absolute Gasteiger partial charge is 0.234 e. The van der Waals surface area contributed by atoms with Crippen LogP contribution in [0.2, 0.25) is 0 Å². The van der Waals surface area contributed by atoms with E-state index in [0.29, 0.717) is 25.6 Å². The Morgan fingerprint density at radius 1 is 1.33 bits per heavy atom. The maximum Gasteiger partial charge on any atom is 0.234 e. The Morgan fingerprint density at radius 3 is 2.75 bits per heavy atom. The lowest BCUT2D eigenvalue weighted by molar-refractivity contribution is -0.122. The number of nitrogens with zero attached hydrogens (tertiary/aromatic N) is 2. The van der Waals surface area contributed by atoms with Gasteiger partial charge in [-0.1, -0.05) is 12.1 Å². The number of piperazine rings is 1. The van der Waals surface area contributed by atoms with Crippen LogP contribution in [-0.4, -0.2) is 74.7 Å². The van der Waals surface area contributed by atoms with E-state index in [2.05, 4.69) is 22.0 Å². The third-order valence-electron chi connectivity index (χ3n) is 4.45. The van der Waals surface area contributed by atoms with Crippen LogP contribution < -0.4 is 5.32 Å². The molecule has 0 saturated carbocycles. The molecule has 2 rings (SSSR count). The number of benzene rings is 1. The Balaban J connectivity index is 1.65. The van der Waals surface area contributed by atoms with Crippen molar-refractivity contribution in [1.29, 1.82) is 0 Å². The maximum absolute atomic E-state index is 12.8. The predicted octanol–water partition coefficient (Wildman–Crippen LogP) is 1.14. The first-order chi connectivity index (χ1) is 11.6. The summed E-state index contributed by atoms with van der Waals surface area (Å²) in [5, 5.41) is 2.95. The molecule has 0 aliphatic carbocycles. The van der Waals surface area contributed by atoms with Crippen molar-refractivity contribution in [3.8, 4) is 0 Å². The number of carbonyl (C=O) groups excluding carboxylic acids is 1. The molecule has 1 aliphatic heterocycles. The highest BCUT2D eigenvalue weighted by atomic mass is 19.1. The van der Waals surface area contributed by atoms with Gasteiger partial charge >= 0.3 is 0 Å². The predicted molar refractivity (Wildman–Crippen MR) is 92.5 cm³/mol. The Morgan fingerprint density at radius 2 is 2.08 bits per heavy atom. The van der Waals surface area contributed by atoms with Gasteiger partial charge in [0.2, 0.25) is 5.91 Å². The van der Waals surface area contributed by atoms with Crippen LogP contribution in [0, 0.1) is 5.82 Å². The molecule has 1 aliphatic rings. The lowest BCUT2D eigenvalue weighted by atomic mass is 10.1. The highest BCUT2D eigenvalue weighted by Crippen LogP contribution is 2.08. The minimum absolute atomic E-state index is 0.0506. The quantitative estimate of drug-likeness (QED) is 0.773. The van der Waals surface area contributed by atoms with Gasteiger partial charge in [0.1, 0.15) is 5.82 Å². The topological polar surface area (TPSA) is 44.8 Å². The van der Waals surface area contributed by atoms with Gasteiger partial charge in [-0.05, 0) is 31.0 Å². The van der Waals surface area contributed by atoms with E-state index in [-0.39, 0.29) is 11.7 Å². The van der Waals surface area contributed by atoms with Crippen molar-refractivity contribution in [1.82, 2.24) is 15.1 Å². The molecule has 1 amide bonds. The van der Waals surface area contributed by atoms with Crippen molar-refractivity contribution in [3.63, 3.8) is 0 Å². The van der Waals surface area contributed by atoms with Gasteiger partial charge in [0.05, 0.1) is 13.2 Å². The number of nitrogens with one attached hydrogen (secondary N) is 1. The Hall–Kier alpha value is -1.50. The van der Waals surface area contributed by atoms with E-state index < -0.39 is 0 Å². The summed E-state index contributed by atoms with van der Waals surface area (Å²) in [6.45, 7) is 7.65. The summed E-state index contributed by atoms with van der Waals surface area (Å²) in [6, 6.07) is 6.83. The van der Waals surface area contributed by atoms with E-state index in [9.17, 15) is 9.18 Å². The molecule has 1 N–H and O–H groups in total. The van der Waals surface area contributed by atoms with Crippen molar-refractivity contribution in [2.75, 3.05) is 53.0 Å². The zero-order valence-electron chi connectivity index (χ0n) is 14.6. The van der Waals surface area contributed by atoms with E-state index in [4.69, 9.17) is 4.74 Å². The molecule has 0 bridgehead atoms. The zero-order valence-corrected chi connectivity index (χ0v) is 14.6. The van der Waals surface area contributed by atoms with Gasteiger partial charge < -0.3 is 10.1 Å². The van der Waals surface area contributed by atoms with Crippen molar-refractivity contribution in [2.45, 2.75) is 19.4 Å². The van der Waals surface area contributed by atoms with Crippen LogP contribution in [0.1, 0.15) is 12.5 Å². The molecule has 1 fully saturated rings. The molecule has 1 aromatic rings. The number of methoxy groups -OCH3 is 1. The summed E-state index contributed by atoms with van der Waals surface area (Å²) in [6.07, 6.45) is 0.715. The first-order valence-corrected chi connectivity index (χ1v) is 8.55. The zero-order chi connectivity index (χ0) is 17.4. The highest BCUT2D eigenvalue weighted by Gasteiger charge is 2.24. The van der Waals surface area contributed by atoms with Crippen LogP contribution in [0.25, 0.3) is 0 Å². The number of rotatable bonds is 8. The average molecular weight is 337 g/mol. The molecule has 24 heavy (non-hydrogen) atoms. The molecule has 1 atom stereocenters. The second-order valence-electron chi connectivity index (χ2n) is 6.34. The molecule has 1 aromatic carbocycles. The summed E-state index contributed by atoms with van der Waals surface area (Å²) >= 11 is 0. The Kier molecular flexibility index (Phi) is 7.62. The number of amides is 1. The van der Waals surface area contributed by atoms with Crippen molar-refractivity contribution in [3.05, 3.63) is 35.6 Å². The fourth-order valence-electron chi connectivity index (χ4n) is 3.01. The summed E-state index contributed by atoms with van der Waals surface area (Å²) in [5.74, 6) is -0.184. The number of ether oxygens (including phenoxy) is 1. The molecular formula is C18H28FN3O2. The van der Waals surface area contributed by atoms with Crippen molar-refractivity contribution in [2.24, 2.45) is 0 Å². The minimum atomic E-state index is -0.235. The standard InChI is InChI=1S/C18H28FN3O2/c1-15-13-21(9-10-22(15)11-12-24-2)14-18(23)20-8-7-16-3-5-17(19)6-4-16/h3-6,15H,7-14H2,1-2H3,(H,20,23)/t15-/m0/s1. The summed E-state index contributed by atoms with van der Waals surface area (Å²) in [5.41, 5.74) is 1.03. The van der Waals surface area contributed by atoms with Gasteiger partial charge in [-0.3, -0.25) is 14.6 Å². The SMILES string of the molecule is COCCN1CCN(CC(=O)NCCc2ccc(F)cc2)C[C@@H]1C. The highest BCUT2D eigenvalue weighted by molar-refractivity contribution is 5.78. The normalized spacial score (nSPS) is 19.4. The number of hydrogen-bond donors (Lipinski definition) is 1. The fourth-order valence-corrected chi connectivity index (χ4v) is 3.01. The van der Waals surface area contributed by atoms with E-state index >= 15 is 0 Å². The molecule has 0 radical (unpaired) electrons. The van der Waals surface area contributed by atoms with Crippen LogP contribution in [0.3, 0.4) is 0 Å². The van der Waals surface area contributed by atoms with E-state index in [1.165, 1.54) is 12.1 Å². The van der Waals surface area contributed by atoms with Gasteiger partial charge in [-0.2, -0.15) is 0 Å². The first-order valence-electron chi connectivity index (χ1n) is 8.55. The van der Waals surface area contributed by atoms with Crippen LogP contribution in [0.5, 0.6) is 0 Å². The lowest BCUT2D eigenvalue weighted by Gasteiger charge is -2.39. The van der Waals surface area contributed by atoms with Crippen LogP contribution in [0.15, 0.2) is 24.3 Å².